The molecule has 0 aliphatic rings. The number of hydrogen-bond acceptors (Lipinski definition) is 4. The van der Waals surface area contributed by atoms with Gasteiger partial charge in [0.05, 0.1) is 12.5 Å². The lowest BCUT2D eigenvalue weighted by atomic mass is 10.0. The number of amides is 1. The van der Waals surface area contributed by atoms with Crippen molar-refractivity contribution in [2.24, 2.45) is 0 Å². The molecule has 0 bridgehead atoms. The van der Waals surface area contributed by atoms with Crippen molar-refractivity contribution in [3.63, 3.8) is 0 Å². The summed E-state index contributed by atoms with van der Waals surface area (Å²) in [7, 11) is 0. The summed E-state index contributed by atoms with van der Waals surface area (Å²) in [4.78, 5) is 23.5. The number of benzene rings is 2. The molecule has 0 aliphatic carbocycles. The molecular weight excluding hydrogens is 316 g/mol. The zero-order valence-electron chi connectivity index (χ0n) is 13.6. The van der Waals surface area contributed by atoms with Gasteiger partial charge in [-0.05, 0) is 11.1 Å². The van der Waals surface area contributed by atoms with Gasteiger partial charge >= 0.3 is 6.09 Å². The van der Waals surface area contributed by atoms with Crippen LogP contribution in [0.5, 0.6) is 0 Å². The summed E-state index contributed by atoms with van der Waals surface area (Å²) in [5.41, 5.74) is 2.12. The molecule has 0 aromatic heterocycles. The second-order valence-electron chi connectivity index (χ2n) is 5.19. The van der Waals surface area contributed by atoms with E-state index >= 15 is 0 Å². The maximum atomic E-state index is 11.9. The molecule has 0 unspecified atom stereocenters. The summed E-state index contributed by atoms with van der Waals surface area (Å²) in [5, 5.41) is 11.3. The van der Waals surface area contributed by atoms with Crippen LogP contribution in [0.25, 0.3) is 6.08 Å². The van der Waals surface area contributed by atoms with Crippen molar-refractivity contribution in [1.29, 1.82) is 5.26 Å². The number of rotatable bonds is 7. The van der Waals surface area contributed by atoms with Crippen LogP contribution in [0.3, 0.4) is 0 Å². The van der Waals surface area contributed by atoms with Crippen LogP contribution in [-0.2, 0) is 11.3 Å². The summed E-state index contributed by atoms with van der Waals surface area (Å²) >= 11 is 0. The highest BCUT2D eigenvalue weighted by molar-refractivity contribution is 6.00. The second-order valence-corrected chi connectivity index (χ2v) is 5.19. The lowest BCUT2D eigenvalue weighted by Crippen LogP contribution is -2.24. The number of nitrogens with zero attached hydrogens (tertiary/aromatic N) is 1. The highest BCUT2D eigenvalue weighted by Gasteiger charge is 2.08. The van der Waals surface area contributed by atoms with Crippen molar-refractivity contribution < 1.29 is 14.3 Å². The molecule has 5 nitrogen and oxygen atoms in total. The van der Waals surface area contributed by atoms with Crippen LogP contribution in [0.4, 0.5) is 4.79 Å². The van der Waals surface area contributed by atoms with Crippen molar-refractivity contribution in [2.45, 2.75) is 13.0 Å². The maximum Gasteiger partial charge on any atom is 0.407 e. The Morgan fingerprint density at radius 1 is 1.08 bits per heavy atom. The molecule has 0 heterocycles. The van der Waals surface area contributed by atoms with Gasteiger partial charge in [-0.25, -0.2) is 4.79 Å². The van der Waals surface area contributed by atoms with E-state index in [-0.39, 0.29) is 25.4 Å². The molecule has 2 aromatic carbocycles. The number of carbonyl (C=O) groups excluding carboxylic acids is 2. The molecular formula is C20H18N2O3. The number of ether oxygens (including phenoxy) is 1. The van der Waals surface area contributed by atoms with Gasteiger partial charge in [-0.1, -0.05) is 66.7 Å². The van der Waals surface area contributed by atoms with E-state index in [9.17, 15) is 9.59 Å². The first-order valence-corrected chi connectivity index (χ1v) is 7.81. The largest absolute Gasteiger partial charge is 0.445 e. The minimum Gasteiger partial charge on any atom is -0.445 e. The van der Waals surface area contributed by atoms with Gasteiger partial charge in [0, 0.05) is 12.1 Å². The SMILES string of the molecule is N#CCC(=O)c1ccccc1C=CCNC(=O)OCc1ccccc1. The summed E-state index contributed by atoms with van der Waals surface area (Å²) in [5.74, 6) is -0.224. The zero-order valence-corrected chi connectivity index (χ0v) is 13.6. The quantitative estimate of drug-likeness (QED) is 0.783. The molecule has 0 saturated carbocycles. The molecule has 0 fully saturated rings. The average molecular weight is 334 g/mol. The molecule has 0 radical (unpaired) electrons. The molecule has 5 heteroatoms. The number of ketones is 1. The van der Waals surface area contributed by atoms with Crippen LogP contribution in [-0.4, -0.2) is 18.4 Å². The number of Topliss-reactive ketones (excluding diaryl/α,β-unsaturated/α-hetero) is 1. The first-order chi connectivity index (χ1) is 12.2. The van der Waals surface area contributed by atoms with Crippen LogP contribution in [0.1, 0.15) is 27.9 Å². The minimum atomic E-state index is -0.512. The summed E-state index contributed by atoms with van der Waals surface area (Å²) in [6, 6.07) is 18.3. The van der Waals surface area contributed by atoms with Crippen LogP contribution in [0.2, 0.25) is 0 Å². The Balaban J connectivity index is 1.82. The topological polar surface area (TPSA) is 79.2 Å². The smallest absolute Gasteiger partial charge is 0.407 e. The van der Waals surface area contributed by atoms with E-state index in [2.05, 4.69) is 5.32 Å². The van der Waals surface area contributed by atoms with Crippen molar-refractivity contribution in [1.82, 2.24) is 5.32 Å². The number of carbonyl (C=O) groups is 2. The third-order valence-corrected chi connectivity index (χ3v) is 3.38. The van der Waals surface area contributed by atoms with E-state index in [1.807, 2.05) is 42.5 Å². The predicted molar refractivity (Wildman–Crippen MR) is 94.7 cm³/mol. The lowest BCUT2D eigenvalue weighted by Gasteiger charge is -2.05. The zero-order chi connectivity index (χ0) is 17.9. The fourth-order valence-corrected chi connectivity index (χ4v) is 2.17. The Morgan fingerprint density at radius 2 is 1.80 bits per heavy atom. The van der Waals surface area contributed by atoms with Crippen LogP contribution < -0.4 is 5.32 Å². The van der Waals surface area contributed by atoms with E-state index in [4.69, 9.17) is 10.00 Å². The van der Waals surface area contributed by atoms with Gasteiger partial charge in [0.25, 0.3) is 0 Å². The Morgan fingerprint density at radius 3 is 2.56 bits per heavy atom. The van der Waals surface area contributed by atoms with Crippen molar-refractivity contribution >= 4 is 18.0 Å². The Hall–Kier alpha value is -3.39. The Labute approximate surface area is 146 Å². The predicted octanol–water partition coefficient (Wildman–Crippen LogP) is 3.72. The van der Waals surface area contributed by atoms with Crippen molar-refractivity contribution in [3.05, 3.63) is 77.4 Å². The molecule has 2 rings (SSSR count). The van der Waals surface area contributed by atoms with Gasteiger partial charge in [-0.3, -0.25) is 4.79 Å². The molecule has 0 spiro atoms. The van der Waals surface area contributed by atoms with Gasteiger partial charge in [-0.15, -0.1) is 0 Å². The molecule has 25 heavy (non-hydrogen) atoms. The number of alkyl carbamates (subject to hydrolysis) is 1. The maximum absolute atomic E-state index is 11.9. The normalized spacial score (nSPS) is 10.2. The first-order valence-electron chi connectivity index (χ1n) is 7.81. The van der Waals surface area contributed by atoms with Crippen molar-refractivity contribution in [2.75, 3.05) is 6.54 Å². The van der Waals surface area contributed by atoms with Gasteiger partial charge in [-0.2, -0.15) is 5.26 Å². The van der Waals surface area contributed by atoms with Gasteiger partial charge in [0.15, 0.2) is 5.78 Å². The van der Waals surface area contributed by atoms with Gasteiger partial charge in [0.1, 0.15) is 6.61 Å². The molecule has 1 amide bonds. The Kier molecular flexibility index (Phi) is 6.95. The molecule has 0 aliphatic heterocycles. The molecule has 1 N–H and O–H groups in total. The molecule has 0 saturated heterocycles. The standard InChI is InChI=1S/C20H18N2O3/c21-13-12-19(23)18-11-5-4-9-17(18)10-6-14-22-20(24)25-15-16-7-2-1-3-8-16/h1-11H,12,14-15H2,(H,22,24). The van der Waals surface area contributed by atoms with E-state index in [0.717, 1.165) is 5.56 Å². The summed E-state index contributed by atoms with van der Waals surface area (Å²) in [6.07, 6.45) is 2.79. The third kappa shape index (κ3) is 5.96. The minimum absolute atomic E-state index is 0.158. The second kappa shape index (κ2) is 9.68. The first kappa shape index (κ1) is 18.0. The fourth-order valence-electron chi connectivity index (χ4n) is 2.17. The molecule has 2 aromatic rings. The average Bonchev–Trinajstić information content (AvgIpc) is 2.65. The monoisotopic (exact) mass is 334 g/mol. The highest BCUT2D eigenvalue weighted by atomic mass is 16.5. The fraction of sp³-hybridized carbons (Fsp3) is 0.150. The van der Waals surface area contributed by atoms with E-state index in [0.29, 0.717) is 11.1 Å². The molecule has 0 atom stereocenters. The van der Waals surface area contributed by atoms with E-state index in [1.165, 1.54) is 0 Å². The number of hydrogen-bond donors (Lipinski definition) is 1. The number of nitrogens with one attached hydrogen (secondary N) is 1. The van der Waals surface area contributed by atoms with Crippen LogP contribution in [0, 0.1) is 11.3 Å². The number of nitriles is 1. The Bertz CT molecular complexity index is 792. The van der Waals surface area contributed by atoms with E-state index < -0.39 is 6.09 Å². The summed E-state index contributed by atoms with van der Waals surface area (Å²) < 4.78 is 5.10. The third-order valence-electron chi connectivity index (χ3n) is 3.38. The van der Waals surface area contributed by atoms with Crippen molar-refractivity contribution in [3.8, 4) is 6.07 Å². The van der Waals surface area contributed by atoms with Crippen LogP contribution >= 0.6 is 0 Å². The lowest BCUT2D eigenvalue weighted by molar-refractivity contribution is 0.0997. The summed E-state index contributed by atoms with van der Waals surface area (Å²) in [6.45, 7) is 0.482. The van der Waals surface area contributed by atoms with Crippen LogP contribution in [0.15, 0.2) is 60.7 Å². The van der Waals surface area contributed by atoms with E-state index in [1.54, 1.807) is 30.4 Å². The van der Waals surface area contributed by atoms with Gasteiger partial charge in [0.2, 0.25) is 0 Å². The van der Waals surface area contributed by atoms with Gasteiger partial charge < -0.3 is 10.1 Å². The highest BCUT2D eigenvalue weighted by Crippen LogP contribution is 2.12. The molecule has 126 valence electrons.